The number of thioether (sulfide) groups is 1. The van der Waals surface area contributed by atoms with Gasteiger partial charge in [-0.1, -0.05) is 13.8 Å². The maximum atomic E-state index is 6.07. The number of rotatable bonds is 7. The average Bonchev–Trinajstić information content (AvgIpc) is 2.61. The van der Waals surface area contributed by atoms with Crippen LogP contribution in [0.5, 0.6) is 0 Å². The van der Waals surface area contributed by atoms with Gasteiger partial charge < -0.3 is 5.73 Å². The number of nitrogens with two attached hydrogens (primary N) is 1. The van der Waals surface area contributed by atoms with Crippen LogP contribution in [0.3, 0.4) is 0 Å². The average molecular weight is 241 g/mol. The maximum absolute atomic E-state index is 6.07. The van der Waals surface area contributed by atoms with Crippen molar-refractivity contribution in [2.24, 2.45) is 18.7 Å². The highest BCUT2D eigenvalue weighted by Gasteiger charge is 2.05. The van der Waals surface area contributed by atoms with E-state index in [1.807, 2.05) is 29.7 Å². The van der Waals surface area contributed by atoms with E-state index < -0.39 is 0 Å². The van der Waals surface area contributed by atoms with E-state index in [1.165, 1.54) is 11.3 Å². The van der Waals surface area contributed by atoms with Gasteiger partial charge in [-0.15, -0.1) is 0 Å². The summed E-state index contributed by atoms with van der Waals surface area (Å²) >= 11 is 1.96. The first-order valence-corrected chi connectivity index (χ1v) is 7.04. The Balaban J connectivity index is 2.12. The molecule has 0 aromatic carbocycles. The predicted molar refractivity (Wildman–Crippen MR) is 71.7 cm³/mol. The molecular formula is C12H23N3S. The quantitative estimate of drug-likeness (QED) is 0.795. The molecule has 0 saturated carbocycles. The normalized spacial score (nSPS) is 13.3. The molecule has 2 N–H and O–H groups in total. The molecular weight excluding hydrogens is 218 g/mol. The van der Waals surface area contributed by atoms with Gasteiger partial charge in [-0.3, -0.25) is 4.68 Å². The van der Waals surface area contributed by atoms with Gasteiger partial charge in [0.25, 0.3) is 0 Å². The molecule has 0 aliphatic heterocycles. The third-order valence-electron chi connectivity index (χ3n) is 2.35. The Labute approximate surface area is 103 Å². The summed E-state index contributed by atoms with van der Waals surface area (Å²) in [6.45, 7) is 4.49. The van der Waals surface area contributed by atoms with E-state index in [2.05, 4.69) is 25.1 Å². The highest BCUT2D eigenvalue weighted by Crippen LogP contribution is 2.11. The molecule has 1 aromatic heterocycles. The summed E-state index contributed by atoms with van der Waals surface area (Å²) < 4.78 is 1.84. The molecule has 0 spiro atoms. The summed E-state index contributed by atoms with van der Waals surface area (Å²) in [5, 5.41) is 4.15. The number of aryl methyl sites for hydroxylation is 2. The summed E-state index contributed by atoms with van der Waals surface area (Å²) in [5.41, 5.74) is 7.35. The second-order valence-electron chi connectivity index (χ2n) is 4.75. The van der Waals surface area contributed by atoms with Crippen LogP contribution in [-0.2, 0) is 13.5 Å². The van der Waals surface area contributed by atoms with Gasteiger partial charge in [0.2, 0.25) is 0 Å². The Morgan fingerprint density at radius 3 is 2.75 bits per heavy atom. The van der Waals surface area contributed by atoms with Crippen molar-refractivity contribution >= 4 is 11.8 Å². The van der Waals surface area contributed by atoms with E-state index in [0.717, 1.165) is 24.5 Å². The summed E-state index contributed by atoms with van der Waals surface area (Å²) in [4.78, 5) is 0. The summed E-state index contributed by atoms with van der Waals surface area (Å²) in [6.07, 6.45) is 6.08. The first-order valence-electron chi connectivity index (χ1n) is 5.88. The molecule has 0 amide bonds. The van der Waals surface area contributed by atoms with Gasteiger partial charge >= 0.3 is 0 Å². The van der Waals surface area contributed by atoms with Crippen molar-refractivity contribution in [3.05, 3.63) is 18.0 Å². The lowest BCUT2D eigenvalue weighted by Gasteiger charge is -2.11. The molecule has 0 aliphatic carbocycles. The molecule has 0 fully saturated rings. The molecule has 0 aliphatic rings. The molecule has 0 bridgehead atoms. The lowest BCUT2D eigenvalue weighted by atomic mass is 10.1. The summed E-state index contributed by atoms with van der Waals surface area (Å²) in [6, 6.07) is 0.309. The van der Waals surface area contributed by atoms with Crippen LogP contribution < -0.4 is 5.73 Å². The zero-order valence-corrected chi connectivity index (χ0v) is 11.3. The van der Waals surface area contributed by atoms with Gasteiger partial charge in [0.15, 0.2) is 0 Å². The van der Waals surface area contributed by atoms with E-state index in [9.17, 15) is 0 Å². The largest absolute Gasteiger partial charge is 0.327 e. The van der Waals surface area contributed by atoms with Crippen molar-refractivity contribution in [1.82, 2.24) is 9.78 Å². The van der Waals surface area contributed by atoms with Gasteiger partial charge in [-0.2, -0.15) is 16.9 Å². The minimum Gasteiger partial charge on any atom is -0.327 e. The van der Waals surface area contributed by atoms with E-state index in [0.29, 0.717) is 6.04 Å². The van der Waals surface area contributed by atoms with E-state index in [-0.39, 0.29) is 0 Å². The third kappa shape index (κ3) is 5.56. The Morgan fingerprint density at radius 2 is 2.19 bits per heavy atom. The van der Waals surface area contributed by atoms with Crippen LogP contribution in [0.25, 0.3) is 0 Å². The Hall–Kier alpha value is -0.480. The van der Waals surface area contributed by atoms with Gasteiger partial charge in [-0.05, 0) is 30.1 Å². The van der Waals surface area contributed by atoms with Gasteiger partial charge in [0.1, 0.15) is 0 Å². The minimum absolute atomic E-state index is 0.309. The Kier molecular flexibility index (Phi) is 5.91. The fourth-order valence-electron chi connectivity index (χ4n) is 1.49. The smallest absolute Gasteiger partial charge is 0.0521 e. The van der Waals surface area contributed by atoms with E-state index >= 15 is 0 Å². The van der Waals surface area contributed by atoms with Crippen molar-refractivity contribution in [3.8, 4) is 0 Å². The zero-order chi connectivity index (χ0) is 12.0. The lowest BCUT2D eigenvalue weighted by Crippen LogP contribution is -2.23. The third-order valence-corrected chi connectivity index (χ3v) is 3.91. The monoisotopic (exact) mass is 241 g/mol. The van der Waals surface area contributed by atoms with Crippen molar-refractivity contribution < 1.29 is 0 Å². The molecule has 0 saturated heterocycles. The molecule has 4 heteroatoms. The first kappa shape index (κ1) is 13.6. The van der Waals surface area contributed by atoms with Crippen molar-refractivity contribution in [3.63, 3.8) is 0 Å². The predicted octanol–water partition coefficient (Wildman–Crippen LogP) is 2.07. The van der Waals surface area contributed by atoms with Crippen LogP contribution in [0.15, 0.2) is 12.4 Å². The summed E-state index contributed by atoms with van der Waals surface area (Å²) in [5.74, 6) is 3.04. The molecule has 0 radical (unpaired) electrons. The maximum Gasteiger partial charge on any atom is 0.0521 e. The number of nitrogens with zero attached hydrogens (tertiary/aromatic N) is 2. The molecule has 16 heavy (non-hydrogen) atoms. The van der Waals surface area contributed by atoms with Crippen LogP contribution in [0.4, 0.5) is 0 Å². The first-order chi connectivity index (χ1) is 7.58. The van der Waals surface area contributed by atoms with Crippen LogP contribution in [-0.4, -0.2) is 27.3 Å². The number of hydrogen-bond donors (Lipinski definition) is 1. The molecule has 1 unspecified atom stereocenters. The van der Waals surface area contributed by atoms with E-state index in [1.54, 1.807) is 0 Å². The fourth-order valence-corrected chi connectivity index (χ4v) is 2.57. The molecule has 1 rings (SSSR count). The van der Waals surface area contributed by atoms with Gasteiger partial charge in [0, 0.05) is 25.0 Å². The second kappa shape index (κ2) is 6.97. The van der Waals surface area contributed by atoms with Crippen LogP contribution in [0.2, 0.25) is 0 Å². The highest BCUT2D eigenvalue weighted by molar-refractivity contribution is 7.99. The molecule has 1 atom stereocenters. The molecule has 3 nitrogen and oxygen atoms in total. The molecule has 1 heterocycles. The van der Waals surface area contributed by atoms with Gasteiger partial charge in [0.05, 0.1) is 6.20 Å². The number of aromatic nitrogens is 2. The topological polar surface area (TPSA) is 43.8 Å². The summed E-state index contributed by atoms with van der Waals surface area (Å²) in [7, 11) is 1.95. The van der Waals surface area contributed by atoms with Crippen LogP contribution in [0, 0.1) is 5.92 Å². The van der Waals surface area contributed by atoms with Crippen molar-refractivity contribution in [1.29, 1.82) is 0 Å². The zero-order valence-electron chi connectivity index (χ0n) is 10.5. The Morgan fingerprint density at radius 1 is 1.44 bits per heavy atom. The van der Waals surface area contributed by atoms with E-state index in [4.69, 9.17) is 5.73 Å². The number of hydrogen-bond acceptors (Lipinski definition) is 3. The van der Waals surface area contributed by atoms with Crippen molar-refractivity contribution in [2.45, 2.75) is 32.7 Å². The van der Waals surface area contributed by atoms with Crippen LogP contribution in [0.1, 0.15) is 25.8 Å². The SMILES string of the molecule is CC(C)CSCC(N)CCc1cnn(C)c1. The Bertz CT molecular complexity index is 296. The standard InChI is InChI=1S/C12H23N3S/c1-10(2)8-16-9-12(13)5-4-11-6-14-15(3)7-11/h6-7,10,12H,4-5,8-9,13H2,1-3H3. The fraction of sp³-hybridized carbons (Fsp3) is 0.750. The van der Waals surface area contributed by atoms with Gasteiger partial charge in [-0.25, -0.2) is 0 Å². The second-order valence-corrected chi connectivity index (χ2v) is 5.83. The molecule has 92 valence electrons. The highest BCUT2D eigenvalue weighted by atomic mass is 32.2. The lowest BCUT2D eigenvalue weighted by molar-refractivity contribution is 0.671. The van der Waals surface area contributed by atoms with Crippen molar-refractivity contribution in [2.75, 3.05) is 11.5 Å². The van der Waals surface area contributed by atoms with Crippen LogP contribution >= 0.6 is 11.8 Å². The molecule has 1 aromatic rings. The minimum atomic E-state index is 0.309.